The van der Waals surface area contributed by atoms with Crippen LogP contribution in [0.4, 0.5) is 11.4 Å². The second-order valence-electron chi connectivity index (χ2n) is 4.55. The molecular formula is C12H12N4O4. The Labute approximate surface area is 113 Å². The first kappa shape index (κ1) is 12.5. The molecule has 0 amide bonds. The topological polar surface area (TPSA) is 117 Å². The number of non-ortho nitro benzene ring substituents is 1. The molecule has 1 aliphatic heterocycles. The van der Waals surface area contributed by atoms with Gasteiger partial charge < -0.3 is 15.0 Å². The van der Waals surface area contributed by atoms with E-state index < -0.39 is 4.92 Å². The number of nitro benzene ring substituents is 1. The number of hydrogen-bond acceptors (Lipinski definition) is 7. The minimum Gasteiger partial charge on any atom is -0.398 e. The zero-order valence-corrected chi connectivity index (χ0v) is 10.5. The van der Waals surface area contributed by atoms with E-state index in [2.05, 4.69) is 10.1 Å². The predicted molar refractivity (Wildman–Crippen MR) is 69.0 cm³/mol. The number of nitrogens with zero attached hydrogens (tertiary/aromatic N) is 3. The summed E-state index contributed by atoms with van der Waals surface area (Å²) in [5.41, 5.74) is 6.45. The van der Waals surface area contributed by atoms with Gasteiger partial charge in [0.2, 0.25) is 0 Å². The minimum atomic E-state index is -0.505. The summed E-state index contributed by atoms with van der Waals surface area (Å²) in [5.74, 6) is 0.973. The van der Waals surface area contributed by atoms with E-state index in [9.17, 15) is 10.1 Å². The van der Waals surface area contributed by atoms with Gasteiger partial charge in [0.1, 0.15) is 0 Å². The van der Waals surface area contributed by atoms with E-state index in [-0.39, 0.29) is 23.2 Å². The maximum Gasteiger partial charge on any atom is 0.271 e. The molecule has 1 unspecified atom stereocenters. The number of hydrogen-bond donors (Lipinski definition) is 1. The number of ether oxygens (including phenoxy) is 1. The van der Waals surface area contributed by atoms with Crippen LogP contribution in [0.5, 0.6) is 0 Å². The third-order valence-electron chi connectivity index (χ3n) is 3.21. The number of benzene rings is 1. The van der Waals surface area contributed by atoms with E-state index in [0.29, 0.717) is 24.6 Å². The van der Waals surface area contributed by atoms with E-state index in [1.165, 1.54) is 18.2 Å². The Hall–Kier alpha value is -2.48. The molecule has 1 atom stereocenters. The van der Waals surface area contributed by atoms with Crippen LogP contribution in [-0.4, -0.2) is 28.3 Å². The highest BCUT2D eigenvalue weighted by Crippen LogP contribution is 2.30. The van der Waals surface area contributed by atoms with Gasteiger partial charge in [0.25, 0.3) is 11.6 Å². The Kier molecular flexibility index (Phi) is 3.07. The monoisotopic (exact) mass is 276 g/mol. The molecule has 8 heteroatoms. The molecule has 8 nitrogen and oxygen atoms in total. The zero-order valence-electron chi connectivity index (χ0n) is 10.5. The summed E-state index contributed by atoms with van der Waals surface area (Å²) < 4.78 is 10.4. The Morgan fingerprint density at radius 2 is 2.30 bits per heavy atom. The first-order valence-electron chi connectivity index (χ1n) is 6.11. The first-order valence-corrected chi connectivity index (χ1v) is 6.11. The third kappa shape index (κ3) is 2.21. The quantitative estimate of drug-likeness (QED) is 0.515. The summed E-state index contributed by atoms with van der Waals surface area (Å²) in [4.78, 5) is 14.4. The first-order chi connectivity index (χ1) is 9.65. The molecule has 2 N–H and O–H groups in total. The summed E-state index contributed by atoms with van der Waals surface area (Å²) in [7, 11) is 0. The number of anilines is 1. The van der Waals surface area contributed by atoms with Crippen molar-refractivity contribution in [3.05, 3.63) is 34.1 Å². The van der Waals surface area contributed by atoms with Crippen molar-refractivity contribution in [2.75, 3.05) is 18.9 Å². The van der Waals surface area contributed by atoms with Gasteiger partial charge in [-0.15, -0.1) is 0 Å². The maximum atomic E-state index is 10.7. The SMILES string of the molecule is Nc1cc([N+](=O)[O-])ccc1-c1nc(C2CCOC2)no1. The molecule has 1 aromatic heterocycles. The maximum absolute atomic E-state index is 10.7. The largest absolute Gasteiger partial charge is 0.398 e. The molecule has 104 valence electrons. The third-order valence-corrected chi connectivity index (χ3v) is 3.21. The number of aromatic nitrogens is 2. The van der Waals surface area contributed by atoms with Gasteiger partial charge in [0.15, 0.2) is 5.82 Å². The van der Waals surface area contributed by atoms with Crippen LogP contribution >= 0.6 is 0 Å². The lowest BCUT2D eigenvalue weighted by Crippen LogP contribution is -2.00. The van der Waals surface area contributed by atoms with Crippen LogP contribution in [-0.2, 0) is 4.74 Å². The summed E-state index contributed by atoms with van der Waals surface area (Å²) in [5, 5.41) is 14.6. The molecule has 0 aliphatic carbocycles. The molecule has 2 aromatic rings. The molecule has 2 heterocycles. The van der Waals surface area contributed by atoms with Crippen LogP contribution in [0.1, 0.15) is 18.2 Å². The number of nitrogens with two attached hydrogens (primary N) is 1. The van der Waals surface area contributed by atoms with Crippen molar-refractivity contribution in [1.29, 1.82) is 0 Å². The highest BCUT2D eigenvalue weighted by atomic mass is 16.6. The smallest absolute Gasteiger partial charge is 0.271 e. The van der Waals surface area contributed by atoms with Crippen molar-refractivity contribution in [2.24, 2.45) is 0 Å². The molecule has 1 fully saturated rings. The Balaban J connectivity index is 1.91. The Morgan fingerprint density at radius 1 is 1.45 bits per heavy atom. The molecular weight excluding hydrogens is 264 g/mol. The molecule has 3 rings (SSSR count). The molecule has 1 aliphatic rings. The number of rotatable bonds is 3. The summed E-state index contributed by atoms with van der Waals surface area (Å²) in [6, 6.07) is 4.14. The lowest BCUT2D eigenvalue weighted by molar-refractivity contribution is -0.384. The van der Waals surface area contributed by atoms with E-state index in [1.54, 1.807) is 0 Å². The van der Waals surface area contributed by atoms with Gasteiger partial charge in [-0.05, 0) is 12.5 Å². The van der Waals surface area contributed by atoms with Crippen LogP contribution in [0.2, 0.25) is 0 Å². The van der Waals surface area contributed by atoms with E-state index in [4.69, 9.17) is 15.0 Å². The van der Waals surface area contributed by atoms with Gasteiger partial charge >= 0.3 is 0 Å². The van der Waals surface area contributed by atoms with Crippen molar-refractivity contribution < 1.29 is 14.2 Å². The fraction of sp³-hybridized carbons (Fsp3) is 0.333. The van der Waals surface area contributed by atoms with Gasteiger partial charge in [-0.3, -0.25) is 10.1 Å². The van der Waals surface area contributed by atoms with E-state index in [0.717, 1.165) is 6.42 Å². The molecule has 0 bridgehead atoms. The van der Waals surface area contributed by atoms with Gasteiger partial charge in [-0.2, -0.15) is 4.98 Å². The van der Waals surface area contributed by atoms with Crippen molar-refractivity contribution >= 4 is 11.4 Å². The Bertz CT molecular complexity index is 649. The average Bonchev–Trinajstić information content (AvgIpc) is 3.09. The fourth-order valence-electron chi connectivity index (χ4n) is 2.11. The summed E-state index contributed by atoms with van der Waals surface area (Å²) in [6.45, 7) is 1.27. The second-order valence-corrected chi connectivity index (χ2v) is 4.55. The van der Waals surface area contributed by atoms with E-state index in [1.807, 2.05) is 0 Å². The second kappa shape index (κ2) is 4.89. The van der Waals surface area contributed by atoms with Crippen molar-refractivity contribution in [2.45, 2.75) is 12.3 Å². The van der Waals surface area contributed by atoms with Crippen LogP contribution in [0.25, 0.3) is 11.5 Å². The predicted octanol–water partition coefficient (Wildman–Crippen LogP) is 1.73. The summed E-state index contributed by atoms with van der Waals surface area (Å²) >= 11 is 0. The van der Waals surface area contributed by atoms with Gasteiger partial charge in [-0.1, -0.05) is 5.16 Å². The Morgan fingerprint density at radius 3 is 2.95 bits per heavy atom. The lowest BCUT2D eigenvalue weighted by atomic mass is 10.1. The highest BCUT2D eigenvalue weighted by Gasteiger charge is 2.24. The van der Waals surface area contributed by atoms with Crippen LogP contribution in [0, 0.1) is 10.1 Å². The van der Waals surface area contributed by atoms with Crippen LogP contribution in [0.15, 0.2) is 22.7 Å². The summed E-state index contributed by atoms with van der Waals surface area (Å²) in [6.07, 6.45) is 0.856. The number of nitro groups is 1. The van der Waals surface area contributed by atoms with E-state index >= 15 is 0 Å². The standard InChI is InChI=1S/C12H12N4O4/c13-10-5-8(16(17)18)1-2-9(10)12-14-11(15-20-12)7-3-4-19-6-7/h1-2,5,7H,3-4,6,13H2. The van der Waals surface area contributed by atoms with Crippen molar-refractivity contribution in [3.63, 3.8) is 0 Å². The molecule has 0 spiro atoms. The average molecular weight is 276 g/mol. The molecule has 20 heavy (non-hydrogen) atoms. The minimum absolute atomic E-state index is 0.0739. The lowest BCUT2D eigenvalue weighted by Gasteiger charge is -2.00. The fourth-order valence-corrected chi connectivity index (χ4v) is 2.11. The van der Waals surface area contributed by atoms with Crippen LogP contribution in [0.3, 0.4) is 0 Å². The van der Waals surface area contributed by atoms with Gasteiger partial charge in [0, 0.05) is 24.7 Å². The highest BCUT2D eigenvalue weighted by molar-refractivity contribution is 5.72. The van der Waals surface area contributed by atoms with Gasteiger partial charge in [0.05, 0.1) is 22.8 Å². The molecule has 1 aromatic carbocycles. The molecule has 1 saturated heterocycles. The van der Waals surface area contributed by atoms with Crippen molar-refractivity contribution in [3.8, 4) is 11.5 Å². The van der Waals surface area contributed by atoms with Crippen molar-refractivity contribution in [1.82, 2.24) is 10.1 Å². The number of nitrogen functional groups attached to an aromatic ring is 1. The zero-order chi connectivity index (χ0) is 14.1. The van der Waals surface area contributed by atoms with Gasteiger partial charge in [-0.25, -0.2) is 0 Å². The van der Waals surface area contributed by atoms with Crippen LogP contribution < -0.4 is 5.73 Å². The normalized spacial score (nSPS) is 18.3. The molecule has 0 saturated carbocycles. The molecule has 0 radical (unpaired) electrons.